The fourth-order valence-corrected chi connectivity index (χ4v) is 3.34. The zero-order valence-electron chi connectivity index (χ0n) is 16.4. The van der Waals surface area contributed by atoms with E-state index >= 15 is 0 Å². The molecule has 3 nitrogen and oxygen atoms in total. The Morgan fingerprint density at radius 3 is 2.15 bits per heavy atom. The average molecular weight is 372 g/mol. The van der Waals surface area contributed by atoms with E-state index in [1.165, 1.54) is 46.0 Å². The Hall–Kier alpha value is -1.04. The van der Waals surface area contributed by atoms with E-state index in [9.17, 15) is 13.9 Å². The second-order valence-corrected chi connectivity index (χ2v) is 6.93. The number of hydrogen-bond acceptors (Lipinski definition) is 3. The van der Waals surface area contributed by atoms with Gasteiger partial charge in [0.1, 0.15) is 0 Å². The van der Waals surface area contributed by atoms with Gasteiger partial charge in [-0.15, -0.1) is 0 Å². The molecule has 150 valence electrons. The number of hydrogen-bond donors (Lipinski definition) is 1. The van der Waals surface area contributed by atoms with Gasteiger partial charge in [0.25, 0.3) is 5.97 Å². The Kier molecular flexibility index (Phi) is 10.9. The molecule has 1 atom stereocenters. The summed E-state index contributed by atoms with van der Waals surface area (Å²) < 4.78 is 36.7. The van der Waals surface area contributed by atoms with Gasteiger partial charge in [-0.1, -0.05) is 51.5 Å². The van der Waals surface area contributed by atoms with Crippen LogP contribution in [0.3, 0.4) is 0 Å². The van der Waals surface area contributed by atoms with Gasteiger partial charge < -0.3 is 14.6 Å². The van der Waals surface area contributed by atoms with Crippen molar-refractivity contribution in [3.05, 3.63) is 35.4 Å². The van der Waals surface area contributed by atoms with Gasteiger partial charge in [-0.25, -0.2) is 8.78 Å². The number of ether oxygens (including phenoxy) is 2. The maximum atomic E-state index is 13.3. The first kappa shape index (κ1) is 23.0. The highest BCUT2D eigenvalue weighted by Gasteiger charge is 2.36. The van der Waals surface area contributed by atoms with Crippen molar-refractivity contribution in [2.24, 2.45) is 5.92 Å². The quantitative estimate of drug-likeness (QED) is 0.342. The minimum absolute atomic E-state index is 0.158. The minimum Gasteiger partial charge on any atom is -0.343 e. The predicted octanol–water partition coefficient (Wildman–Crippen LogP) is 5.59. The molecule has 1 rings (SSSR count). The van der Waals surface area contributed by atoms with E-state index in [1.54, 1.807) is 6.07 Å². The molecule has 1 N–H and O–H groups in total. The van der Waals surface area contributed by atoms with Crippen LogP contribution in [0.25, 0.3) is 0 Å². The van der Waals surface area contributed by atoms with E-state index in [-0.39, 0.29) is 5.92 Å². The normalized spacial score (nSPS) is 13.2. The number of aryl methyl sites for hydroxylation is 1. The number of aliphatic hydroxyl groups is 1. The Morgan fingerprint density at radius 2 is 1.54 bits per heavy atom. The van der Waals surface area contributed by atoms with Crippen LogP contribution in [-0.2, 0) is 15.9 Å². The zero-order valence-corrected chi connectivity index (χ0v) is 16.4. The molecule has 26 heavy (non-hydrogen) atoms. The fraction of sp³-hybridized carbons (Fsp3) is 0.714. The highest BCUT2D eigenvalue weighted by atomic mass is 19.2. The molecular formula is C21H34F2O3. The molecule has 0 radical (unpaired) electrons. The van der Waals surface area contributed by atoms with Gasteiger partial charge in [-0.05, 0) is 43.4 Å². The Balaban J connectivity index is 2.51. The molecule has 0 saturated heterocycles. The molecule has 0 aromatic heterocycles. The van der Waals surface area contributed by atoms with Gasteiger partial charge in [-0.2, -0.15) is 0 Å². The highest BCUT2D eigenvalue weighted by Crippen LogP contribution is 2.30. The number of rotatable bonds is 14. The second kappa shape index (κ2) is 12.4. The molecule has 1 aromatic carbocycles. The second-order valence-electron chi connectivity index (χ2n) is 6.93. The Labute approximate surface area is 156 Å². The Morgan fingerprint density at radius 1 is 0.923 bits per heavy atom. The first-order valence-electron chi connectivity index (χ1n) is 9.73. The molecule has 0 aliphatic carbocycles. The van der Waals surface area contributed by atoms with E-state index in [0.717, 1.165) is 37.3 Å². The number of unbranched alkanes of at least 4 members (excludes halogenated alkanes) is 5. The molecule has 0 aliphatic heterocycles. The van der Waals surface area contributed by atoms with Crippen molar-refractivity contribution in [2.75, 3.05) is 14.2 Å². The van der Waals surface area contributed by atoms with Crippen molar-refractivity contribution < 1.29 is 23.4 Å². The molecule has 1 unspecified atom stereocenters. The predicted molar refractivity (Wildman–Crippen MR) is 99.7 cm³/mol. The van der Waals surface area contributed by atoms with Crippen molar-refractivity contribution in [1.82, 2.24) is 0 Å². The van der Waals surface area contributed by atoms with Crippen molar-refractivity contribution in [1.29, 1.82) is 0 Å². The van der Waals surface area contributed by atoms with Gasteiger partial charge in [0.15, 0.2) is 11.6 Å². The van der Waals surface area contributed by atoms with Crippen LogP contribution in [0.5, 0.6) is 0 Å². The van der Waals surface area contributed by atoms with E-state index in [4.69, 9.17) is 9.47 Å². The van der Waals surface area contributed by atoms with Crippen LogP contribution in [0.4, 0.5) is 8.78 Å². The van der Waals surface area contributed by atoms with E-state index in [1.807, 2.05) is 0 Å². The Bertz CT molecular complexity index is 504. The lowest BCUT2D eigenvalue weighted by Crippen LogP contribution is -2.42. The minimum atomic E-state index is -1.60. The number of halogens is 2. The molecule has 0 saturated carbocycles. The number of methoxy groups -OCH3 is 2. The molecule has 0 aliphatic rings. The maximum Gasteiger partial charge on any atom is 0.282 e. The van der Waals surface area contributed by atoms with Crippen LogP contribution >= 0.6 is 0 Å². The summed E-state index contributed by atoms with van der Waals surface area (Å²) in [6.45, 7) is 2.19. The summed E-state index contributed by atoms with van der Waals surface area (Å²) in [5.41, 5.74) is 0.751. The van der Waals surface area contributed by atoms with Crippen LogP contribution in [-0.4, -0.2) is 25.3 Å². The van der Waals surface area contributed by atoms with Crippen molar-refractivity contribution >= 4 is 0 Å². The highest BCUT2D eigenvalue weighted by molar-refractivity contribution is 5.17. The summed E-state index contributed by atoms with van der Waals surface area (Å²) >= 11 is 0. The topological polar surface area (TPSA) is 38.7 Å². The molecule has 0 spiro atoms. The SMILES string of the molecule is CCCCCCCCC(CCCc1ccc(F)c(F)c1)C(O)(OC)OC. The summed E-state index contributed by atoms with van der Waals surface area (Å²) in [7, 11) is 2.88. The van der Waals surface area contributed by atoms with Crippen molar-refractivity contribution in [2.45, 2.75) is 77.1 Å². The van der Waals surface area contributed by atoms with Crippen molar-refractivity contribution in [3.63, 3.8) is 0 Å². The molecule has 0 bridgehead atoms. The van der Waals surface area contributed by atoms with Crippen LogP contribution in [0, 0.1) is 17.6 Å². The van der Waals surface area contributed by atoms with E-state index in [2.05, 4.69) is 6.92 Å². The summed E-state index contributed by atoms with van der Waals surface area (Å²) in [5, 5.41) is 10.6. The molecular weight excluding hydrogens is 338 g/mol. The van der Waals surface area contributed by atoms with E-state index in [0.29, 0.717) is 12.8 Å². The van der Waals surface area contributed by atoms with Crippen LogP contribution in [0.1, 0.15) is 70.3 Å². The summed E-state index contributed by atoms with van der Waals surface area (Å²) in [5.74, 6) is -3.41. The zero-order chi connectivity index (χ0) is 19.4. The molecule has 0 amide bonds. The third-order valence-corrected chi connectivity index (χ3v) is 5.01. The fourth-order valence-electron chi connectivity index (χ4n) is 3.34. The first-order valence-corrected chi connectivity index (χ1v) is 9.73. The smallest absolute Gasteiger partial charge is 0.282 e. The van der Waals surface area contributed by atoms with E-state index < -0.39 is 17.6 Å². The summed E-state index contributed by atoms with van der Waals surface area (Å²) in [4.78, 5) is 0. The van der Waals surface area contributed by atoms with Gasteiger partial charge in [0, 0.05) is 20.1 Å². The van der Waals surface area contributed by atoms with Crippen molar-refractivity contribution in [3.8, 4) is 0 Å². The standard InChI is InChI=1S/C21H34F2O3/c1-4-5-6-7-8-9-12-18(21(24,25-2)26-3)13-10-11-17-14-15-19(22)20(23)16-17/h14-16,18,24H,4-13H2,1-3H3. The van der Waals surface area contributed by atoms with Gasteiger partial charge >= 0.3 is 0 Å². The molecule has 0 fully saturated rings. The third kappa shape index (κ3) is 7.68. The summed E-state index contributed by atoms with van der Waals surface area (Å²) in [6, 6.07) is 3.98. The van der Waals surface area contributed by atoms with Crippen LogP contribution in [0.2, 0.25) is 0 Å². The molecule has 0 heterocycles. The third-order valence-electron chi connectivity index (χ3n) is 5.01. The van der Waals surface area contributed by atoms with Crippen LogP contribution < -0.4 is 0 Å². The van der Waals surface area contributed by atoms with Gasteiger partial charge in [0.05, 0.1) is 0 Å². The first-order chi connectivity index (χ1) is 12.5. The number of benzene rings is 1. The monoisotopic (exact) mass is 372 g/mol. The average Bonchev–Trinajstić information content (AvgIpc) is 2.65. The lowest BCUT2D eigenvalue weighted by molar-refractivity contribution is -0.369. The van der Waals surface area contributed by atoms with Crippen LogP contribution in [0.15, 0.2) is 18.2 Å². The largest absolute Gasteiger partial charge is 0.343 e. The lowest BCUT2D eigenvalue weighted by Gasteiger charge is -2.33. The van der Waals surface area contributed by atoms with Gasteiger partial charge in [0.2, 0.25) is 0 Å². The summed E-state index contributed by atoms with van der Waals surface area (Å²) in [6.07, 6.45) is 9.92. The maximum absolute atomic E-state index is 13.3. The van der Waals surface area contributed by atoms with Gasteiger partial charge in [-0.3, -0.25) is 0 Å². The molecule has 1 aromatic rings. The molecule has 5 heteroatoms. The lowest BCUT2D eigenvalue weighted by atomic mass is 9.91.